The third-order valence-electron chi connectivity index (χ3n) is 1.61. The Balaban J connectivity index is 0. The van der Waals surface area contributed by atoms with Gasteiger partial charge < -0.3 is 0 Å². The van der Waals surface area contributed by atoms with E-state index in [0.717, 1.165) is 11.8 Å². The van der Waals surface area contributed by atoms with E-state index in [-0.39, 0.29) is 0 Å². The third kappa shape index (κ3) is 24.5. The molecule has 0 aromatic rings. The molecular formula is C12H29P. The Bertz CT molecular complexity index is 67.2. The van der Waals surface area contributed by atoms with Gasteiger partial charge in [-0.1, -0.05) is 54.4 Å². The van der Waals surface area contributed by atoms with E-state index in [2.05, 4.69) is 41.5 Å². The van der Waals surface area contributed by atoms with Crippen molar-refractivity contribution >= 4 is 8.58 Å². The van der Waals surface area contributed by atoms with Crippen molar-refractivity contribution in [2.24, 2.45) is 11.8 Å². The van der Waals surface area contributed by atoms with Crippen LogP contribution in [-0.2, 0) is 0 Å². The van der Waals surface area contributed by atoms with Gasteiger partial charge in [0.1, 0.15) is 0 Å². The van der Waals surface area contributed by atoms with Crippen molar-refractivity contribution in [2.75, 3.05) is 12.3 Å². The summed E-state index contributed by atoms with van der Waals surface area (Å²) in [7, 11) is 1.19. The van der Waals surface area contributed by atoms with Crippen LogP contribution in [0, 0.1) is 11.8 Å². The molecule has 0 bridgehead atoms. The molecule has 0 fully saturated rings. The Kier molecular flexibility index (Phi) is 15.2. The van der Waals surface area contributed by atoms with Crippen LogP contribution < -0.4 is 0 Å². The highest BCUT2D eigenvalue weighted by Crippen LogP contribution is 2.17. The zero-order valence-corrected chi connectivity index (χ0v) is 11.5. The van der Waals surface area contributed by atoms with Gasteiger partial charge in [-0.25, -0.2) is 0 Å². The van der Waals surface area contributed by atoms with Gasteiger partial charge in [-0.3, -0.25) is 0 Å². The molecule has 0 rings (SSSR count). The average molecular weight is 204 g/mol. The highest BCUT2D eigenvalue weighted by Gasteiger charge is 1.95. The molecule has 0 spiro atoms. The van der Waals surface area contributed by atoms with Crippen LogP contribution in [0.3, 0.4) is 0 Å². The maximum atomic E-state index is 2.30. The summed E-state index contributed by atoms with van der Waals surface area (Å²) in [4.78, 5) is 0. The first kappa shape index (κ1) is 15.9. The average Bonchev–Trinajstić information content (AvgIpc) is 2.03. The summed E-state index contributed by atoms with van der Waals surface area (Å²) in [5.41, 5.74) is 0. The zero-order valence-electron chi connectivity index (χ0n) is 10.5. The largest absolute Gasteiger partial charge is 0.122 e. The van der Waals surface area contributed by atoms with Gasteiger partial charge in [-0.15, -0.1) is 8.58 Å². The fourth-order valence-electron chi connectivity index (χ4n) is 0.661. The predicted octanol–water partition coefficient (Wildman–Crippen LogP) is 4.78. The van der Waals surface area contributed by atoms with Gasteiger partial charge in [-0.2, -0.15) is 0 Å². The number of rotatable bonds is 5. The highest BCUT2D eigenvalue weighted by atomic mass is 31.1. The number of unbranched alkanes of at least 4 members (excludes halogenated alkanes) is 1. The summed E-state index contributed by atoms with van der Waals surface area (Å²) in [5.74, 6) is 1.81. The Morgan fingerprint density at radius 1 is 0.769 bits per heavy atom. The van der Waals surface area contributed by atoms with E-state index in [4.69, 9.17) is 0 Å². The molecule has 82 valence electrons. The molecule has 0 aromatic heterocycles. The van der Waals surface area contributed by atoms with Crippen LogP contribution in [0.4, 0.5) is 0 Å². The summed E-state index contributed by atoms with van der Waals surface area (Å²) in [6.07, 6.45) is 5.50. The van der Waals surface area contributed by atoms with Gasteiger partial charge in [0.05, 0.1) is 0 Å². The van der Waals surface area contributed by atoms with Crippen molar-refractivity contribution in [1.82, 2.24) is 0 Å². The standard InChI is InChI=1S/C8H19P.C4H10/c1-7(2)5-9-6-8(3)4;1-3-4-2/h7-9H,5-6H2,1-4H3;3-4H2,1-2H3. The molecule has 0 atom stereocenters. The molecule has 0 unspecified atom stereocenters. The molecule has 0 aliphatic heterocycles. The van der Waals surface area contributed by atoms with Crippen molar-refractivity contribution in [3.05, 3.63) is 0 Å². The molecule has 0 radical (unpaired) electrons. The minimum atomic E-state index is 0.905. The van der Waals surface area contributed by atoms with Crippen LogP contribution >= 0.6 is 8.58 Å². The quantitative estimate of drug-likeness (QED) is 0.565. The Labute approximate surface area is 87.7 Å². The Morgan fingerprint density at radius 3 is 1.23 bits per heavy atom. The van der Waals surface area contributed by atoms with E-state index in [1.165, 1.54) is 33.7 Å². The van der Waals surface area contributed by atoms with E-state index < -0.39 is 0 Å². The Hall–Kier alpha value is 0.430. The monoisotopic (exact) mass is 204 g/mol. The Morgan fingerprint density at radius 2 is 1.08 bits per heavy atom. The summed E-state index contributed by atoms with van der Waals surface area (Å²) in [6.45, 7) is 13.6. The van der Waals surface area contributed by atoms with Crippen molar-refractivity contribution in [2.45, 2.75) is 54.4 Å². The molecule has 0 amide bonds. The zero-order chi connectivity index (χ0) is 10.7. The van der Waals surface area contributed by atoms with E-state index >= 15 is 0 Å². The fraction of sp³-hybridized carbons (Fsp3) is 1.00. The molecular weight excluding hydrogens is 175 g/mol. The van der Waals surface area contributed by atoms with E-state index in [0.29, 0.717) is 0 Å². The SMILES string of the molecule is CC(C)CPCC(C)C.CCCC. The van der Waals surface area contributed by atoms with Crippen LogP contribution in [-0.4, -0.2) is 12.3 Å². The van der Waals surface area contributed by atoms with Crippen LogP contribution in [0.1, 0.15) is 54.4 Å². The number of hydrogen-bond donors (Lipinski definition) is 0. The van der Waals surface area contributed by atoms with Crippen molar-refractivity contribution < 1.29 is 0 Å². The second-order valence-corrected chi connectivity index (χ2v) is 5.76. The van der Waals surface area contributed by atoms with Crippen molar-refractivity contribution in [1.29, 1.82) is 0 Å². The summed E-state index contributed by atoms with van der Waals surface area (Å²) < 4.78 is 0. The van der Waals surface area contributed by atoms with Crippen LogP contribution in [0.25, 0.3) is 0 Å². The summed E-state index contributed by atoms with van der Waals surface area (Å²) >= 11 is 0. The smallest absolute Gasteiger partial charge is 0.0330 e. The van der Waals surface area contributed by atoms with Gasteiger partial charge >= 0.3 is 0 Å². The number of hydrogen-bond acceptors (Lipinski definition) is 0. The minimum absolute atomic E-state index is 0.905. The van der Waals surface area contributed by atoms with Crippen molar-refractivity contribution in [3.8, 4) is 0 Å². The molecule has 0 saturated heterocycles. The van der Waals surface area contributed by atoms with Crippen LogP contribution in [0.5, 0.6) is 0 Å². The molecule has 13 heavy (non-hydrogen) atoms. The van der Waals surface area contributed by atoms with Crippen LogP contribution in [0.2, 0.25) is 0 Å². The first-order chi connectivity index (χ1) is 6.04. The van der Waals surface area contributed by atoms with Gasteiger partial charge in [0.25, 0.3) is 0 Å². The normalized spacial score (nSPS) is 10.2. The lowest BCUT2D eigenvalue weighted by Gasteiger charge is -2.06. The van der Waals surface area contributed by atoms with Crippen LogP contribution in [0.15, 0.2) is 0 Å². The topological polar surface area (TPSA) is 0 Å². The van der Waals surface area contributed by atoms with E-state index in [9.17, 15) is 0 Å². The van der Waals surface area contributed by atoms with Crippen molar-refractivity contribution in [3.63, 3.8) is 0 Å². The maximum absolute atomic E-state index is 2.30. The molecule has 0 aliphatic rings. The lowest BCUT2D eigenvalue weighted by atomic mass is 10.3. The minimum Gasteiger partial charge on any atom is -0.122 e. The fourth-order valence-corrected chi connectivity index (χ4v) is 1.98. The van der Waals surface area contributed by atoms with E-state index in [1.807, 2.05) is 0 Å². The van der Waals surface area contributed by atoms with Gasteiger partial charge in [0.15, 0.2) is 0 Å². The van der Waals surface area contributed by atoms with Gasteiger partial charge in [0.2, 0.25) is 0 Å². The second kappa shape index (κ2) is 12.4. The van der Waals surface area contributed by atoms with E-state index in [1.54, 1.807) is 0 Å². The molecule has 1 heteroatoms. The maximum Gasteiger partial charge on any atom is -0.0330 e. The van der Waals surface area contributed by atoms with Gasteiger partial charge in [-0.05, 0) is 24.2 Å². The first-order valence-electron chi connectivity index (χ1n) is 5.75. The lowest BCUT2D eigenvalue weighted by Crippen LogP contribution is -1.94. The predicted molar refractivity (Wildman–Crippen MR) is 68.3 cm³/mol. The molecule has 0 nitrogen and oxygen atoms in total. The summed E-state index contributed by atoms with van der Waals surface area (Å²) in [6, 6.07) is 0. The molecule has 0 saturated carbocycles. The first-order valence-corrected chi connectivity index (χ1v) is 7.16. The highest BCUT2D eigenvalue weighted by molar-refractivity contribution is 7.37. The lowest BCUT2D eigenvalue weighted by molar-refractivity contribution is 0.725. The molecule has 0 heterocycles. The molecule has 0 N–H and O–H groups in total. The third-order valence-corrected chi connectivity index (χ3v) is 3.82. The summed E-state index contributed by atoms with van der Waals surface area (Å²) in [5, 5.41) is 0. The molecule has 0 aliphatic carbocycles. The second-order valence-electron chi connectivity index (χ2n) is 4.45. The van der Waals surface area contributed by atoms with Gasteiger partial charge in [0, 0.05) is 0 Å². The molecule has 0 aromatic carbocycles.